The molecule has 7 nitrogen and oxygen atoms in total. The zero-order chi connectivity index (χ0) is 18.5. The molecule has 0 aromatic carbocycles. The minimum atomic E-state index is -0.547. The second-order valence-electron chi connectivity index (χ2n) is 7.89. The van der Waals surface area contributed by atoms with Gasteiger partial charge in [-0.2, -0.15) is 0 Å². The van der Waals surface area contributed by atoms with Gasteiger partial charge in [0.1, 0.15) is 0 Å². The van der Waals surface area contributed by atoms with Crippen LogP contribution in [0.15, 0.2) is 4.99 Å². The molecule has 0 bridgehead atoms. The van der Waals surface area contributed by atoms with Crippen molar-refractivity contribution in [2.45, 2.75) is 47.0 Å². The van der Waals surface area contributed by atoms with Crippen molar-refractivity contribution in [2.75, 3.05) is 39.3 Å². The van der Waals surface area contributed by atoms with Crippen molar-refractivity contribution in [3.8, 4) is 0 Å². The van der Waals surface area contributed by atoms with E-state index in [9.17, 15) is 9.59 Å². The molecule has 7 heteroatoms. The van der Waals surface area contributed by atoms with Gasteiger partial charge in [-0.1, -0.05) is 0 Å². The third kappa shape index (κ3) is 4.86. The van der Waals surface area contributed by atoms with E-state index in [1.54, 1.807) is 0 Å². The van der Waals surface area contributed by atoms with Gasteiger partial charge >= 0.3 is 0 Å². The van der Waals surface area contributed by atoms with Gasteiger partial charge in [-0.3, -0.25) is 14.6 Å². The van der Waals surface area contributed by atoms with Crippen LogP contribution in [0.4, 0.5) is 0 Å². The van der Waals surface area contributed by atoms with Gasteiger partial charge in [0.2, 0.25) is 11.8 Å². The van der Waals surface area contributed by atoms with E-state index < -0.39 is 5.41 Å². The Kier molecular flexibility index (Phi) is 6.30. The predicted octanol–water partition coefficient (Wildman–Crippen LogP) is 0.716. The molecule has 2 fully saturated rings. The SMILES string of the molecule is CCNC(=O)C(C)(C)CN=C(NCC)N1CCCC2(CNC(=O)C2)C1. The Morgan fingerprint density at radius 3 is 2.64 bits per heavy atom. The molecule has 1 unspecified atom stereocenters. The average molecular weight is 351 g/mol. The van der Waals surface area contributed by atoms with Gasteiger partial charge in [0.05, 0.1) is 12.0 Å². The highest BCUT2D eigenvalue weighted by molar-refractivity contribution is 5.84. The lowest BCUT2D eigenvalue weighted by atomic mass is 9.79. The first-order chi connectivity index (χ1) is 11.8. The second-order valence-corrected chi connectivity index (χ2v) is 7.89. The van der Waals surface area contributed by atoms with E-state index in [0.29, 0.717) is 19.5 Å². The van der Waals surface area contributed by atoms with Crippen LogP contribution in [-0.4, -0.2) is 61.9 Å². The van der Waals surface area contributed by atoms with E-state index in [1.807, 2.05) is 27.7 Å². The van der Waals surface area contributed by atoms with E-state index in [0.717, 1.165) is 45.0 Å². The number of guanidine groups is 1. The number of hydrogen-bond donors (Lipinski definition) is 3. The lowest BCUT2D eigenvalue weighted by Gasteiger charge is -2.41. The van der Waals surface area contributed by atoms with Crippen molar-refractivity contribution < 1.29 is 9.59 Å². The summed E-state index contributed by atoms with van der Waals surface area (Å²) in [6.07, 6.45) is 2.73. The van der Waals surface area contributed by atoms with Gasteiger partial charge < -0.3 is 20.9 Å². The van der Waals surface area contributed by atoms with Gasteiger partial charge in [0, 0.05) is 44.6 Å². The number of carbonyl (C=O) groups excluding carboxylic acids is 2. The molecule has 2 rings (SSSR count). The molecule has 0 aromatic heterocycles. The number of amides is 2. The summed E-state index contributed by atoms with van der Waals surface area (Å²) < 4.78 is 0. The number of carbonyl (C=O) groups is 2. The molecule has 0 radical (unpaired) electrons. The topological polar surface area (TPSA) is 85.8 Å². The first kappa shape index (κ1) is 19.5. The molecule has 2 saturated heterocycles. The minimum absolute atomic E-state index is 0.0234. The standard InChI is InChI=1S/C18H33N5O2/c1-5-19-15(25)17(3,4)11-22-16(20-6-2)23-9-7-8-18(13-23)10-14(24)21-12-18/h5-13H2,1-4H3,(H,19,25)(H,20,22)(H,21,24). The van der Waals surface area contributed by atoms with E-state index in [1.165, 1.54) is 0 Å². The fourth-order valence-electron chi connectivity index (χ4n) is 3.60. The maximum atomic E-state index is 12.2. The Bertz CT molecular complexity index is 532. The third-order valence-corrected chi connectivity index (χ3v) is 5.07. The van der Waals surface area contributed by atoms with Crippen LogP contribution < -0.4 is 16.0 Å². The lowest BCUT2D eigenvalue weighted by Crippen LogP contribution is -2.51. The minimum Gasteiger partial charge on any atom is -0.357 e. The molecule has 142 valence electrons. The number of piperidine rings is 1. The van der Waals surface area contributed by atoms with Crippen LogP contribution in [0.1, 0.15) is 47.0 Å². The summed E-state index contributed by atoms with van der Waals surface area (Å²) in [5, 5.41) is 9.21. The first-order valence-electron chi connectivity index (χ1n) is 9.40. The summed E-state index contributed by atoms with van der Waals surface area (Å²) >= 11 is 0. The molecule has 1 atom stereocenters. The van der Waals surface area contributed by atoms with Gasteiger partial charge in [-0.05, 0) is 40.5 Å². The fraction of sp³-hybridized carbons (Fsp3) is 0.833. The van der Waals surface area contributed by atoms with Gasteiger partial charge in [0.25, 0.3) is 0 Å². The van der Waals surface area contributed by atoms with Crippen molar-refractivity contribution in [3.05, 3.63) is 0 Å². The molecule has 25 heavy (non-hydrogen) atoms. The van der Waals surface area contributed by atoms with E-state index in [-0.39, 0.29) is 17.2 Å². The Morgan fingerprint density at radius 2 is 2.04 bits per heavy atom. The fourth-order valence-corrected chi connectivity index (χ4v) is 3.60. The summed E-state index contributed by atoms with van der Waals surface area (Å²) in [5.74, 6) is 1.02. The molecule has 1 spiro atoms. The van der Waals surface area contributed by atoms with Crippen LogP contribution in [0.25, 0.3) is 0 Å². The van der Waals surface area contributed by atoms with Crippen LogP contribution in [0.3, 0.4) is 0 Å². The van der Waals surface area contributed by atoms with Gasteiger partial charge in [0.15, 0.2) is 5.96 Å². The zero-order valence-electron chi connectivity index (χ0n) is 16.1. The smallest absolute Gasteiger partial charge is 0.227 e. The number of nitrogens with zero attached hydrogens (tertiary/aromatic N) is 2. The Morgan fingerprint density at radius 1 is 1.32 bits per heavy atom. The van der Waals surface area contributed by atoms with Crippen LogP contribution in [0.5, 0.6) is 0 Å². The summed E-state index contributed by atoms with van der Waals surface area (Å²) in [4.78, 5) is 30.9. The molecule has 2 heterocycles. The molecule has 0 aromatic rings. The summed E-state index contributed by atoms with van der Waals surface area (Å²) in [6.45, 7) is 12.2. The van der Waals surface area contributed by atoms with Crippen LogP contribution in [-0.2, 0) is 9.59 Å². The Labute approximate surface area is 151 Å². The normalized spacial score (nSPS) is 24.4. The number of nitrogens with one attached hydrogen (secondary N) is 3. The molecule has 2 amide bonds. The third-order valence-electron chi connectivity index (χ3n) is 5.07. The number of rotatable bonds is 5. The Hall–Kier alpha value is -1.79. The van der Waals surface area contributed by atoms with Crippen molar-refractivity contribution in [3.63, 3.8) is 0 Å². The van der Waals surface area contributed by atoms with E-state index in [2.05, 4.69) is 20.9 Å². The van der Waals surface area contributed by atoms with E-state index in [4.69, 9.17) is 4.99 Å². The van der Waals surface area contributed by atoms with Gasteiger partial charge in [-0.15, -0.1) is 0 Å². The highest BCUT2D eigenvalue weighted by Gasteiger charge is 2.42. The quantitative estimate of drug-likeness (QED) is 0.503. The molecular weight excluding hydrogens is 318 g/mol. The van der Waals surface area contributed by atoms with E-state index >= 15 is 0 Å². The van der Waals surface area contributed by atoms with Crippen molar-refractivity contribution in [2.24, 2.45) is 15.8 Å². The Balaban J connectivity index is 2.08. The molecule has 2 aliphatic rings. The molecule has 3 N–H and O–H groups in total. The number of aliphatic imine (C=N–C) groups is 1. The molecule has 0 aliphatic carbocycles. The maximum absolute atomic E-state index is 12.2. The summed E-state index contributed by atoms with van der Waals surface area (Å²) in [7, 11) is 0. The van der Waals surface area contributed by atoms with Crippen LogP contribution in [0, 0.1) is 10.8 Å². The monoisotopic (exact) mass is 351 g/mol. The van der Waals surface area contributed by atoms with Crippen LogP contribution >= 0.6 is 0 Å². The summed E-state index contributed by atoms with van der Waals surface area (Å²) in [5.41, 5.74) is -0.518. The van der Waals surface area contributed by atoms with Crippen molar-refractivity contribution >= 4 is 17.8 Å². The van der Waals surface area contributed by atoms with Crippen LogP contribution in [0.2, 0.25) is 0 Å². The van der Waals surface area contributed by atoms with Gasteiger partial charge in [-0.25, -0.2) is 0 Å². The lowest BCUT2D eigenvalue weighted by molar-refractivity contribution is -0.128. The predicted molar refractivity (Wildman–Crippen MR) is 99.3 cm³/mol. The molecule has 0 saturated carbocycles. The number of hydrogen-bond acceptors (Lipinski definition) is 3. The second kappa shape index (κ2) is 8.06. The highest BCUT2D eigenvalue weighted by atomic mass is 16.2. The van der Waals surface area contributed by atoms with Crippen molar-refractivity contribution in [1.29, 1.82) is 0 Å². The zero-order valence-corrected chi connectivity index (χ0v) is 16.1. The largest absolute Gasteiger partial charge is 0.357 e. The highest BCUT2D eigenvalue weighted by Crippen LogP contribution is 2.36. The summed E-state index contributed by atoms with van der Waals surface area (Å²) in [6, 6.07) is 0. The number of likely N-dealkylation sites (tertiary alicyclic amines) is 1. The molecule has 2 aliphatic heterocycles. The molecular formula is C18H33N5O2. The maximum Gasteiger partial charge on any atom is 0.227 e. The van der Waals surface area contributed by atoms with Crippen molar-refractivity contribution in [1.82, 2.24) is 20.9 Å². The average Bonchev–Trinajstić information content (AvgIpc) is 2.91. The first-order valence-corrected chi connectivity index (χ1v) is 9.40.